The van der Waals surface area contributed by atoms with E-state index in [1.54, 1.807) is 36.4 Å². The number of anilines is 1. The number of hydrogen-bond acceptors (Lipinski definition) is 5. The van der Waals surface area contributed by atoms with Crippen molar-refractivity contribution >= 4 is 23.3 Å². The third kappa shape index (κ3) is 1.99. The maximum absolute atomic E-state index is 13.5. The summed E-state index contributed by atoms with van der Waals surface area (Å²) in [6.45, 7) is 1.90. The van der Waals surface area contributed by atoms with Crippen molar-refractivity contribution in [3.8, 4) is 0 Å². The topological polar surface area (TPSA) is 86.7 Å². The number of Topliss-reactive ketones (excluding diaryl/α,β-unsaturated/α-hetero) is 1. The molecule has 2 aliphatic heterocycles. The van der Waals surface area contributed by atoms with Crippen LogP contribution in [-0.2, 0) is 15.1 Å². The van der Waals surface area contributed by atoms with E-state index >= 15 is 0 Å². The molecule has 2 amide bonds. The van der Waals surface area contributed by atoms with Crippen molar-refractivity contribution in [2.45, 2.75) is 18.6 Å². The van der Waals surface area contributed by atoms with Crippen LogP contribution in [0, 0.1) is 12.8 Å². The molecule has 0 spiro atoms. The zero-order chi connectivity index (χ0) is 18.6. The van der Waals surface area contributed by atoms with Crippen LogP contribution in [0.2, 0.25) is 0 Å². The predicted octanol–water partition coefficient (Wildman–Crippen LogP) is 1.47. The van der Waals surface area contributed by atoms with Gasteiger partial charge in [0.2, 0.25) is 5.91 Å². The number of fused-ring (bicyclic) bond motifs is 1. The smallest absolute Gasteiger partial charge is 0.258 e. The van der Waals surface area contributed by atoms with Gasteiger partial charge in [-0.2, -0.15) is 0 Å². The summed E-state index contributed by atoms with van der Waals surface area (Å²) in [4.78, 5) is 39.4. The minimum atomic E-state index is -1.58. The van der Waals surface area contributed by atoms with E-state index in [0.717, 1.165) is 10.5 Å². The molecular formula is C20H18N2O4. The van der Waals surface area contributed by atoms with Gasteiger partial charge in [-0.3, -0.25) is 19.3 Å². The highest BCUT2D eigenvalue weighted by Crippen LogP contribution is 2.47. The molecule has 2 heterocycles. The zero-order valence-corrected chi connectivity index (χ0v) is 14.4. The monoisotopic (exact) mass is 350 g/mol. The van der Waals surface area contributed by atoms with Gasteiger partial charge in [0.1, 0.15) is 17.6 Å². The van der Waals surface area contributed by atoms with Gasteiger partial charge in [-0.05, 0) is 30.2 Å². The second kappa shape index (κ2) is 5.51. The second-order valence-corrected chi connectivity index (χ2v) is 6.84. The normalized spacial score (nSPS) is 27.7. The lowest BCUT2D eigenvalue weighted by Crippen LogP contribution is -2.52. The number of aliphatic hydroxyl groups is 1. The van der Waals surface area contributed by atoms with E-state index in [1.165, 1.54) is 7.05 Å². The highest BCUT2D eigenvalue weighted by atomic mass is 16.3. The number of likely N-dealkylation sites (N-methyl/N-ethyl adjacent to an activating group) is 1. The average Bonchev–Trinajstić information content (AvgIpc) is 3.03. The first kappa shape index (κ1) is 16.5. The number of imide groups is 1. The molecule has 3 atom stereocenters. The Kier molecular flexibility index (Phi) is 3.49. The average molecular weight is 350 g/mol. The molecule has 2 aromatic rings. The van der Waals surface area contributed by atoms with E-state index in [2.05, 4.69) is 5.32 Å². The van der Waals surface area contributed by atoms with Crippen LogP contribution in [0.4, 0.5) is 5.69 Å². The molecular weight excluding hydrogens is 332 g/mol. The molecule has 3 unspecified atom stereocenters. The number of nitrogens with one attached hydrogen (secondary N) is 1. The fraction of sp³-hybridized carbons (Fsp3) is 0.250. The molecule has 0 aromatic heterocycles. The lowest BCUT2D eigenvalue weighted by atomic mass is 9.73. The van der Waals surface area contributed by atoms with Crippen LogP contribution in [0.15, 0.2) is 48.5 Å². The van der Waals surface area contributed by atoms with Crippen LogP contribution in [0.1, 0.15) is 21.5 Å². The molecule has 6 nitrogen and oxygen atoms in total. The van der Waals surface area contributed by atoms with E-state index in [1.807, 2.05) is 19.1 Å². The van der Waals surface area contributed by atoms with Crippen molar-refractivity contribution in [2.24, 2.45) is 5.92 Å². The summed E-state index contributed by atoms with van der Waals surface area (Å²) in [6.07, 6.45) is -1.58. The minimum absolute atomic E-state index is 0.320. The Bertz CT molecular complexity index is 940. The van der Waals surface area contributed by atoms with E-state index in [0.29, 0.717) is 16.8 Å². The molecule has 26 heavy (non-hydrogen) atoms. The van der Waals surface area contributed by atoms with E-state index in [-0.39, 0.29) is 5.78 Å². The Morgan fingerprint density at radius 3 is 2.35 bits per heavy atom. The Morgan fingerprint density at radius 2 is 1.73 bits per heavy atom. The van der Waals surface area contributed by atoms with Gasteiger partial charge in [0.05, 0.1) is 0 Å². The summed E-state index contributed by atoms with van der Waals surface area (Å²) in [6, 6.07) is 14.1. The molecule has 0 bridgehead atoms. The summed E-state index contributed by atoms with van der Waals surface area (Å²) < 4.78 is 0. The predicted molar refractivity (Wildman–Crippen MR) is 94.5 cm³/mol. The first-order valence-corrected chi connectivity index (χ1v) is 8.36. The molecule has 2 aliphatic rings. The van der Waals surface area contributed by atoms with Gasteiger partial charge in [-0.1, -0.05) is 36.4 Å². The number of likely N-dealkylation sites (tertiary alicyclic amines) is 1. The van der Waals surface area contributed by atoms with Crippen molar-refractivity contribution in [3.05, 3.63) is 65.2 Å². The number of nitrogens with zero attached hydrogens (tertiary/aromatic N) is 1. The Labute approximate surface area is 150 Å². The van der Waals surface area contributed by atoms with E-state index in [4.69, 9.17) is 0 Å². The highest BCUT2D eigenvalue weighted by molar-refractivity contribution is 6.19. The molecule has 1 fully saturated rings. The van der Waals surface area contributed by atoms with Crippen LogP contribution in [0.3, 0.4) is 0 Å². The molecule has 2 N–H and O–H groups in total. The van der Waals surface area contributed by atoms with Gasteiger partial charge in [0, 0.05) is 18.3 Å². The lowest BCUT2D eigenvalue weighted by Gasteiger charge is -2.34. The van der Waals surface area contributed by atoms with Crippen molar-refractivity contribution < 1.29 is 19.5 Å². The fourth-order valence-corrected chi connectivity index (χ4v) is 3.96. The summed E-state index contributed by atoms with van der Waals surface area (Å²) in [5, 5.41) is 13.7. The van der Waals surface area contributed by atoms with Crippen LogP contribution in [0.5, 0.6) is 0 Å². The number of aliphatic hydroxyl groups excluding tert-OH is 1. The van der Waals surface area contributed by atoms with E-state index < -0.39 is 29.4 Å². The van der Waals surface area contributed by atoms with Gasteiger partial charge in [0.15, 0.2) is 5.78 Å². The molecule has 4 rings (SSSR count). The molecule has 0 saturated carbocycles. The number of aryl methyl sites for hydroxylation is 1. The Hall–Kier alpha value is -2.99. The Balaban J connectivity index is 1.96. The number of carbonyl (C=O) groups is 3. The summed E-state index contributed by atoms with van der Waals surface area (Å²) in [5.74, 6) is -2.82. The molecule has 132 valence electrons. The van der Waals surface area contributed by atoms with Crippen LogP contribution >= 0.6 is 0 Å². The Morgan fingerprint density at radius 1 is 1.04 bits per heavy atom. The van der Waals surface area contributed by atoms with Gasteiger partial charge in [-0.15, -0.1) is 0 Å². The van der Waals surface area contributed by atoms with Crippen molar-refractivity contribution in [1.29, 1.82) is 0 Å². The molecule has 2 aromatic carbocycles. The van der Waals surface area contributed by atoms with E-state index in [9.17, 15) is 19.5 Å². The zero-order valence-electron chi connectivity index (χ0n) is 14.4. The number of amides is 2. The fourth-order valence-electron chi connectivity index (χ4n) is 3.96. The molecule has 0 aliphatic carbocycles. The van der Waals surface area contributed by atoms with Crippen LogP contribution in [0.25, 0.3) is 0 Å². The van der Waals surface area contributed by atoms with Crippen molar-refractivity contribution in [3.63, 3.8) is 0 Å². The van der Waals surface area contributed by atoms with Crippen molar-refractivity contribution in [1.82, 2.24) is 4.90 Å². The maximum atomic E-state index is 13.5. The molecule has 6 heteroatoms. The van der Waals surface area contributed by atoms with Gasteiger partial charge < -0.3 is 10.4 Å². The largest absolute Gasteiger partial charge is 0.382 e. The quantitative estimate of drug-likeness (QED) is 0.801. The first-order valence-electron chi connectivity index (χ1n) is 8.36. The minimum Gasteiger partial charge on any atom is -0.382 e. The molecule has 1 saturated heterocycles. The highest BCUT2D eigenvalue weighted by Gasteiger charge is 2.62. The number of hydrogen-bond donors (Lipinski definition) is 2. The summed E-state index contributed by atoms with van der Waals surface area (Å²) in [5.41, 5.74) is 1.02. The lowest BCUT2D eigenvalue weighted by molar-refractivity contribution is -0.139. The molecule has 0 radical (unpaired) electrons. The second-order valence-electron chi connectivity index (χ2n) is 6.84. The number of carbonyl (C=O) groups excluding carboxylic acids is 3. The standard InChI is InChI=1S/C20H18N2O4/c1-11-8-9-13-14(10-11)21-20(17(13)24,12-6-4-3-5-7-12)15-16(23)19(26)22(2)18(15)25/h3-10,15-16,21,23H,1-2H3. The summed E-state index contributed by atoms with van der Waals surface area (Å²) in [7, 11) is 1.32. The van der Waals surface area contributed by atoms with Crippen molar-refractivity contribution in [2.75, 3.05) is 12.4 Å². The third-order valence-corrected chi connectivity index (χ3v) is 5.30. The van der Waals surface area contributed by atoms with Gasteiger partial charge in [0.25, 0.3) is 5.91 Å². The van der Waals surface area contributed by atoms with Crippen LogP contribution in [-0.4, -0.2) is 40.8 Å². The van der Waals surface area contributed by atoms with Crippen LogP contribution < -0.4 is 5.32 Å². The maximum Gasteiger partial charge on any atom is 0.258 e. The number of rotatable bonds is 2. The SMILES string of the molecule is Cc1ccc2c(c1)NC(c1ccccc1)(C1C(=O)N(C)C(=O)C1O)C2=O. The third-order valence-electron chi connectivity index (χ3n) is 5.30. The number of benzene rings is 2. The first-order chi connectivity index (χ1) is 12.4. The summed E-state index contributed by atoms with van der Waals surface area (Å²) >= 11 is 0. The van der Waals surface area contributed by atoms with Gasteiger partial charge in [-0.25, -0.2) is 0 Å². The number of ketones is 1. The van der Waals surface area contributed by atoms with Gasteiger partial charge >= 0.3 is 0 Å².